The van der Waals surface area contributed by atoms with Gasteiger partial charge in [0.15, 0.2) is 5.82 Å². The van der Waals surface area contributed by atoms with Gasteiger partial charge in [-0.25, -0.2) is 9.50 Å². The number of halogens is 1. The summed E-state index contributed by atoms with van der Waals surface area (Å²) in [7, 11) is 0. The molecule has 0 aliphatic heterocycles. The van der Waals surface area contributed by atoms with Gasteiger partial charge >= 0.3 is 0 Å². The fourth-order valence-electron chi connectivity index (χ4n) is 3.24. The number of pyridine rings is 1. The number of nitrogens with zero attached hydrogens (tertiary/aromatic N) is 4. The van der Waals surface area contributed by atoms with E-state index in [1.165, 1.54) is 0 Å². The number of aryl methyl sites for hydroxylation is 1. The number of anilines is 1. The predicted octanol–water partition coefficient (Wildman–Crippen LogP) is 4.21. The number of hydrogen-bond acceptors (Lipinski definition) is 4. The number of hydrogen-bond donors (Lipinski definition) is 2. The molecule has 0 bridgehead atoms. The summed E-state index contributed by atoms with van der Waals surface area (Å²) in [6, 6.07) is 9.21. The number of aromatic nitrogens is 5. The van der Waals surface area contributed by atoms with Gasteiger partial charge in [0, 0.05) is 17.7 Å². The van der Waals surface area contributed by atoms with Gasteiger partial charge in [0.1, 0.15) is 5.82 Å². The van der Waals surface area contributed by atoms with E-state index in [2.05, 4.69) is 25.6 Å². The van der Waals surface area contributed by atoms with Gasteiger partial charge in [0.2, 0.25) is 0 Å². The largest absolute Gasteiger partial charge is 0.320 e. The van der Waals surface area contributed by atoms with Crippen molar-refractivity contribution in [1.82, 2.24) is 24.8 Å². The average Bonchev–Trinajstić information content (AvgIpc) is 3.26. The number of carbonyl (C=O) groups excluding carboxylic acids is 1. The monoisotopic (exact) mass is 392 g/mol. The van der Waals surface area contributed by atoms with Crippen LogP contribution in [0, 0.1) is 6.92 Å². The third kappa shape index (κ3) is 2.93. The van der Waals surface area contributed by atoms with E-state index in [1.54, 1.807) is 16.9 Å². The standard InChI is InChI=1S/C20H17ClN6O/c1-11-8-15(21)16(9-13(11)19-24-18(25-26-19)12-5-6-12)23-20(28)14-10-22-27-7-3-2-4-17(14)27/h2-4,7-10,12H,5-6H2,1H3,(H,23,28)(H,24,25,26). The van der Waals surface area contributed by atoms with E-state index < -0.39 is 0 Å². The van der Waals surface area contributed by atoms with Crippen LogP contribution in [0.15, 0.2) is 42.7 Å². The van der Waals surface area contributed by atoms with Crippen LogP contribution < -0.4 is 5.32 Å². The van der Waals surface area contributed by atoms with Crippen LogP contribution in [-0.2, 0) is 0 Å². The minimum Gasteiger partial charge on any atom is -0.320 e. The van der Waals surface area contributed by atoms with Gasteiger partial charge in [-0.05, 0) is 49.6 Å². The van der Waals surface area contributed by atoms with Crippen molar-refractivity contribution >= 4 is 28.7 Å². The molecule has 1 fully saturated rings. The van der Waals surface area contributed by atoms with E-state index in [9.17, 15) is 4.79 Å². The number of nitrogens with one attached hydrogen (secondary N) is 2. The highest BCUT2D eigenvalue weighted by Gasteiger charge is 2.27. The summed E-state index contributed by atoms with van der Waals surface area (Å²) in [5, 5.41) is 14.9. The summed E-state index contributed by atoms with van der Waals surface area (Å²) < 4.78 is 1.66. The lowest BCUT2D eigenvalue weighted by Crippen LogP contribution is -2.12. The summed E-state index contributed by atoms with van der Waals surface area (Å²) in [5.74, 6) is 1.75. The molecule has 3 heterocycles. The molecule has 0 spiro atoms. The van der Waals surface area contributed by atoms with Crippen LogP contribution >= 0.6 is 11.6 Å². The number of aromatic amines is 1. The van der Waals surface area contributed by atoms with E-state index in [0.717, 1.165) is 35.3 Å². The molecule has 1 aliphatic carbocycles. The summed E-state index contributed by atoms with van der Waals surface area (Å²) in [4.78, 5) is 17.4. The Kier molecular flexibility index (Phi) is 3.91. The van der Waals surface area contributed by atoms with Gasteiger partial charge in [-0.15, -0.1) is 0 Å². The van der Waals surface area contributed by atoms with Gasteiger partial charge < -0.3 is 5.32 Å². The van der Waals surface area contributed by atoms with Gasteiger partial charge in [0.05, 0.1) is 28.0 Å². The highest BCUT2D eigenvalue weighted by molar-refractivity contribution is 6.34. The third-order valence-electron chi connectivity index (χ3n) is 4.94. The van der Waals surface area contributed by atoms with Crippen molar-refractivity contribution in [2.75, 3.05) is 5.32 Å². The number of rotatable bonds is 4. The molecule has 1 aromatic carbocycles. The molecule has 0 unspecified atom stereocenters. The number of H-pyrrole nitrogens is 1. The van der Waals surface area contributed by atoms with Gasteiger partial charge in [0.25, 0.3) is 5.91 Å². The first-order valence-corrected chi connectivity index (χ1v) is 9.44. The quantitative estimate of drug-likeness (QED) is 0.544. The maximum atomic E-state index is 12.8. The molecule has 1 saturated carbocycles. The van der Waals surface area contributed by atoms with E-state index in [4.69, 9.17) is 11.6 Å². The van der Waals surface area contributed by atoms with Gasteiger partial charge in [-0.1, -0.05) is 17.7 Å². The molecule has 3 aromatic heterocycles. The number of fused-ring (bicyclic) bond motifs is 1. The molecule has 0 radical (unpaired) electrons. The van der Waals surface area contributed by atoms with E-state index in [-0.39, 0.29) is 5.91 Å². The van der Waals surface area contributed by atoms with Crippen LogP contribution in [0.5, 0.6) is 0 Å². The molecule has 1 aliphatic rings. The lowest BCUT2D eigenvalue weighted by Gasteiger charge is -2.10. The Morgan fingerprint density at radius 2 is 2.18 bits per heavy atom. The van der Waals surface area contributed by atoms with Crippen molar-refractivity contribution in [1.29, 1.82) is 0 Å². The summed E-state index contributed by atoms with van der Waals surface area (Å²) in [5.41, 5.74) is 3.50. The second-order valence-corrected chi connectivity index (χ2v) is 7.42. The van der Waals surface area contributed by atoms with Gasteiger partial charge in [-0.3, -0.25) is 9.89 Å². The van der Waals surface area contributed by atoms with Crippen LogP contribution in [0.1, 0.15) is 40.5 Å². The fourth-order valence-corrected chi connectivity index (χ4v) is 3.51. The number of carbonyl (C=O) groups is 1. The SMILES string of the molecule is Cc1cc(Cl)c(NC(=O)c2cnn3ccccc23)cc1-c1n[nH]c(C2CC2)n1. The highest BCUT2D eigenvalue weighted by atomic mass is 35.5. The van der Waals surface area contributed by atoms with Crippen LogP contribution in [0.2, 0.25) is 5.02 Å². The lowest BCUT2D eigenvalue weighted by atomic mass is 10.1. The second kappa shape index (κ2) is 6.45. The van der Waals surface area contributed by atoms with Crippen molar-refractivity contribution in [2.45, 2.75) is 25.7 Å². The zero-order chi connectivity index (χ0) is 19.3. The molecule has 0 atom stereocenters. The average molecular weight is 393 g/mol. The fraction of sp³-hybridized carbons (Fsp3) is 0.200. The molecule has 140 valence electrons. The maximum absolute atomic E-state index is 12.8. The molecule has 2 N–H and O–H groups in total. The van der Waals surface area contributed by atoms with Crippen molar-refractivity contribution in [3.63, 3.8) is 0 Å². The normalized spacial score (nSPS) is 13.8. The van der Waals surface area contributed by atoms with Gasteiger partial charge in [-0.2, -0.15) is 10.2 Å². The maximum Gasteiger partial charge on any atom is 0.259 e. The molecular weight excluding hydrogens is 376 g/mol. The molecule has 28 heavy (non-hydrogen) atoms. The Balaban J connectivity index is 1.48. The number of amides is 1. The minimum absolute atomic E-state index is 0.272. The smallest absolute Gasteiger partial charge is 0.259 e. The van der Waals surface area contributed by atoms with E-state index >= 15 is 0 Å². The molecule has 1 amide bonds. The van der Waals surface area contributed by atoms with Crippen molar-refractivity contribution < 1.29 is 4.79 Å². The minimum atomic E-state index is -0.272. The molecule has 8 heteroatoms. The molecule has 0 saturated heterocycles. The van der Waals surface area contributed by atoms with E-state index in [0.29, 0.717) is 28.0 Å². The first kappa shape index (κ1) is 16.9. The van der Waals surface area contributed by atoms with Crippen LogP contribution in [-0.4, -0.2) is 30.7 Å². The van der Waals surface area contributed by atoms with Crippen molar-refractivity contribution in [3.05, 3.63) is 64.7 Å². The Labute approximate surface area is 165 Å². The zero-order valence-corrected chi connectivity index (χ0v) is 15.9. The molecule has 5 rings (SSSR count). The van der Waals surface area contributed by atoms with Crippen molar-refractivity contribution in [2.24, 2.45) is 0 Å². The Bertz CT molecular complexity index is 1210. The predicted molar refractivity (Wildman–Crippen MR) is 107 cm³/mol. The third-order valence-corrected chi connectivity index (χ3v) is 5.25. The molecule has 7 nitrogen and oxygen atoms in total. The summed E-state index contributed by atoms with van der Waals surface area (Å²) in [6.07, 6.45) is 5.64. The summed E-state index contributed by atoms with van der Waals surface area (Å²) >= 11 is 6.39. The Morgan fingerprint density at radius 1 is 1.32 bits per heavy atom. The van der Waals surface area contributed by atoms with E-state index in [1.807, 2.05) is 37.3 Å². The molecular formula is C20H17ClN6O. The first-order chi connectivity index (χ1) is 13.6. The lowest BCUT2D eigenvalue weighted by molar-refractivity contribution is 0.102. The van der Waals surface area contributed by atoms with Crippen LogP contribution in [0.4, 0.5) is 5.69 Å². The number of benzene rings is 1. The Hall–Kier alpha value is -3.19. The van der Waals surface area contributed by atoms with Crippen LogP contribution in [0.3, 0.4) is 0 Å². The highest BCUT2D eigenvalue weighted by Crippen LogP contribution is 2.39. The first-order valence-electron chi connectivity index (χ1n) is 9.06. The second-order valence-electron chi connectivity index (χ2n) is 7.01. The van der Waals surface area contributed by atoms with Crippen LogP contribution in [0.25, 0.3) is 16.9 Å². The van der Waals surface area contributed by atoms with Crippen molar-refractivity contribution in [3.8, 4) is 11.4 Å². The topological polar surface area (TPSA) is 88.0 Å². The Morgan fingerprint density at radius 3 is 3.00 bits per heavy atom. The zero-order valence-electron chi connectivity index (χ0n) is 15.1. The molecule has 4 aromatic rings. The summed E-state index contributed by atoms with van der Waals surface area (Å²) in [6.45, 7) is 1.95.